The molecule has 0 aliphatic rings. The molecule has 0 fully saturated rings. The molecule has 4 nitrogen and oxygen atoms in total. The van der Waals surface area contributed by atoms with Crippen molar-refractivity contribution in [2.45, 2.75) is 6.42 Å². The molecule has 0 bridgehead atoms. The summed E-state index contributed by atoms with van der Waals surface area (Å²) in [5.74, 6) is -0.0957. The Morgan fingerprint density at radius 1 is 1.33 bits per heavy atom. The average molecular weight is 368 g/mol. The Bertz CT molecular complexity index is 640. The Morgan fingerprint density at radius 3 is 2.71 bits per heavy atom. The van der Waals surface area contributed by atoms with Gasteiger partial charge in [-0.05, 0) is 52.7 Å². The topological polar surface area (TPSA) is 58.4 Å². The molecule has 21 heavy (non-hydrogen) atoms. The first-order chi connectivity index (χ1) is 9.97. The Hall–Kier alpha value is -1.53. The lowest BCUT2D eigenvalue weighted by molar-refractivity contribution is 0.0955. The molecular formula is C15H18BrN3OS. The van der Waals surface area contributed by atoms with Crippen LogP contribution in [-0.2, 0) is 6.42 Å². The first-order valence-corrected chi connectivity index (χ1v) is 8.17. The monoisotopic (exact) mass is 367 g/mol. The van der Waals surface area contributed by atoms with E-state index in [9.17, 15) is 4.79 Å². The van der Waals surface area contributed by atoms with Crippen molar-refractivity contribution in [2.75, 3.05) is 31.3 Å². The molecule has 2 rings (SSSR count). The summed E-state index contributed by atoms with van der Waals surface area (Å²) in [5, 5.41) is 2.95. The van der Waals surface area contributed by atoms with Crippen LogP contribution in [0.5, 0.6) is 0 Å². The molecule has 1 amide bonds. The lowest BCUT2D eigenvalue weighted by Gasteiger charge is -2.17. The minimum absolute atomic E-state index is 0.0957. The number of amides is 1. The summed E-state index contributed by atoms with van der Waals surface area (Å²) in [4.78, 5) is 15.5. The van der Waals surface area contributed by atoms with Gasteiger partial charge in [-0.3, -0.25) is 4.79 Å². The molecule has 3 N–H and O–H groups in total. The van der Waals surface area contributed by atoms with Crippen LogP contribution in [0.25, 0.3) is 0 Å². The highest BCUT2D eigenvalue weighted by atomic mass is 79.9. The standard InChI is InChI=1S/C15H18BrN3OS/c1-19(2)13-5-3-10(17)9-12(13)15(20)18-8-7-11-4-6-14(16)21-11/h3-6,9H,7-8,17H2,1-2H3,(H,18,20). The molecule has 0 aliphatic heterocycles. The summed E-state index contributed by atoms with van der Waals surface area (Å²) in [5.41, 5.74) is 7.84. The summed E-state index contributed by atoms with van der Waals surface area (Å²) >= 11 is 5.12. The number of hydrogen-bond acceptors (Lipinski definition) is 4. The number of carbonyl (C=O) groups excluding carboxylic acids is 1. The minimum Gasteiger partial charge on any atom is -0.399 e. The van der Waals surface area contributed by atoms with Gasteiger partial charge in [0.1, 0.15) is 0 Å². The van der Waals surface area contributed by atoms with E-state index in [1.807, 2.05) is 31.1 Å². The molecule has 0 unspecified atom stereocenters. The van der Waals surface area contributed by atoms with Gasteiger partial charge in [0.25, 0.3) is 5.91 Å². The van der Waals surface area contributed by atoms with Crippen LogP contribution in [0.15, 0.2) is 34.1 Å². The molecule has 0 atom stereocenters. The van der Waals surface area contributed by atoms with Gasteiger partial charge in [-0.2, -0.15) is 0 Å². The predicted molar refractivity (Wildman–Crippen MR) is 93.2 cm³/mol. The zero-order valence-electron chi connectivity index (χ0n) is 12.0. The molecule has 1 aromatic carbocycles. The predicted octanol–water partition coefficient (Wildman–Crippen LogP) is 3.13. The van der Waals surface area contributed by atoms with Crippen LogP contribution in [0, 0.1) is 0 Å². The Labute approximate surface area is 137 Å². The smallest absolute Gasteiger partial charge is 0.253 e. The highest BCUT2D eigenvalue weighted by Crippen LogP contribution is 2.23. The molecule has 0 saturated heterocycles. The van der Waals surface area contributed by atoms with Crippen molar-refractivity contribution in [1.29, 1.82) is 0 Å². The quantitative estimate of drug-likeness (QED) is 0.798. The van der Waals surface area contributed by atoms with Gasteiger partial charge in [-0.25, -0.2) is 0 Å². The first-order valence-electron chi connectivity index (χ1n) is 6.56. The molecular weight excluding hydrogens is 350 g/mol. The van der Waals surface area contributed by atoms with Crippen LogP contribution in [0.4, 0.5) is 11.4 Å². The summed E-state index contributed by atoms with van der Waals surface area (Å²) in [7, 11) is 3.82. The zero-order chi connectivity index (χ0) is 15.4. The number of nitrogens with one attached hydrogen (secondary N) is 1. The van der Waals surface area contributed by atoms with Crippen LogP contribution >= 0.6 is 27.3 Å². The van der Waals surface area contributed by atoms with Crippen LogP contribution in [0.2, 0.25) is 0 Å². The van der Waals surface area contributed by atoms with Crippen molar-refractivity contribution in [1.82, 2.24) is 5.32 Å². The number of thiophene rings is 1. The molecule has 2 aromatic rings. The van der Waals surface area contributed by atoms with Crippen molar-refractivity contribution < 1.29 is 4.79 Å². The Morgan fingerprint density at radius 2 is 2.10 bits per heavy atom. The van der Waals surface area contributed by atoms with E-state index >= 15 is 0 Å². The lowest BCUT2D eigenvalue weighted by Crippen LogP contribution is -2.27. The van der Waals surface area contributed by atoms with E-state index in [0.29, 0.717) is 17.8 Å². The summed E-state index contributed by atoms with van der Waals surface area (Å²) in [6, 6.07) is 9.46. The van der Waals surface area contributed by atoms with Gasteiger partial charge in [0, 0.05) is 36.9 Å². The average Bonchev–Trinajstić information content (AvgIpc) is 2.84. The maximum atomic E-state index is 12.3. The molecule has 0 aliphatic carbocycles. The fourth-order valence-electron chi connectivity index (χ4n) is 2.01. The van der Waals surface area contributed by atoms with Gasteiger partial charge in [-0.15, -0.1) is 11.3 Å². The third kappa shape index (κ3) is 4.22. The maximum absolute atomic E-state index is 12.3. The van der Waals surface area contributed by atoms with Gasteiger partial charge in [0.05, 0.1) is 9.35 Å². The summed E-state index contributed by atoms with van der Waals surface area (Å²) in [6.07, 6.45) is 0.821. The lowest BCUT2D eigenvalue weighted by atomic mass is 10.1. The number of halogens is 1. The van der Waals surface area contributed by atoms with Crippen molar-refractivity contribution in [3.05, 3.63) is 44.6 Å². The first kappa shape index (κ1) is 15.9. The van der Waals surface area contributed by atoms with E-state index in [2.05, 4.69) is 27.3 Å². The van der Waals surface area contributed by atoms with Crippen molar-refractivity contribution >= 4 is 44.5 Å². The number of rotatable bonds is 5. The SMILES string of the molecule is CN(C)c1ccc(N)cc1C(=O)NCCc1ccc(Br)s1. The van der Waals surface area contributed by atoms with Gasteiger partial charge < -0.3 is 16.0 Å². The Balaban J connectivity index is 2.01. The molecule has 0 radical (unpaired) electrons. The number of carbonyl (C=O) groups is 1. The van der Waals surface area contributed by atoms with Crippen molar-refractivity contribution in [2.24, 2.45) is 0 Å². The summed E-state index contributed by atoms with van der Waals surface area (Å²) < 4.78 is 1.11. The van der Waals surface area contributed by atoms with E-state index in [-0.39, 0.29) is 5.91 Å². The normalized spacial score (nSPS) is 10.4. The fourth-order valence-corrected chi connectivity index (χ4v) is 3.49. The number of nitrogen functional groups attached to an aromatic ring is 1. The fraction of sp³-hybridized carbons (Fsp3) is 0.267. The molecule has 1 aromatic heterocycles. The Kier molecular flexibility index (Phi) is 5.25. The van der Waals surface area contributed by atoms with Crippen LogP contribution < -0.4 is 16.0 Å². The number of hydrogen-bond donors (Lipinski definition) is 2. The molecule has 0 saturated carbocycles. The van der Waals surface area contributed by atoms with E-state index in [4.69, 9.17) is 5.73 Å². The van der Waals surface area contributed by atoms with Crippen LogP contribution in [0.1, 0.15) is 15.2 Å². The second-order valence-corrected chi connectivity index (χ2v) is 7.43. The van der Waals surface area contributed by atoms with Gasteiger partial charge in [-0.1, -0.05) is 0 Å². The third-order valence-electron chi connectivity index (χ3n) is 3.03. The second-order valence-electron chi connectivity index (χ2n) is 4.88. The minimum atomic E-state index is -0.0957. The number of anilines is 2. The van der Waals surface area contributed by atoms with E-state index in [0.717, 1.165) is 15.9 Å². The highest BCUT2D eigenvalue weighted by molar-refractivity contribution is 9.11. The van der Waals surface area contributed by atoms with E-state index < -0.39 is 0 Å². The number of nitrogens with two attached hydrogens (primary N) is 1. The second kappa shape index (κ2) is 6.95. The van der Waals surface area contributed by atoms with Crippen molar-refractivity contribution in [3.8, 4) is 0 Å². The molecule has 0 spiro atoms. The third-order valence-corrected chi connectivity index (χ3v) is 4.72. The van der Waals surface area contributed by atoms with Gasteiger partial charge >= 0.3 is 0 Å². The molecule has 1 heterocycles. The van der Waals surface area contributed by atoms with Gasteiger partial charge in [0.15, 0.2) is 0 Å². The number of nitrogens with zero attached hydrogens (tertiary/aromatic N) is 1. The molecule has 6 heteroatoms. The van der Waals surface area contributed by atoms with Gasteiger partial charge in [0.2, 0.25) is 0 Å². The van der Waals surface area contributed by atoms with E-state index in [1.54, 1.807) is 23.5 Å². The maximum Gasteiger partial charge on any atom is 0.253 e. The zero-order valence-corrected chi connectivity index (χ0v) is 14.4. The van der Waals surface area contributed by atoms with Crippen LogP contribution in [-0.4, -0.2) is 26.5 Å². The van der Waals surface area contributed by atoms with E-state index in [1.165, 1.54) is 4.88 Å². The summed E-state index contributed by atoms with van der Waals surface area (Å²) in [6.45, 7) is 0.605. The van der Waals surface area contributed by atoms with Crippen LogP contribution in [0.3, 0.4) is 0 Å². The number of benzene rings is 1. The largest absolute Gasteiger partial charge is 0.399 e. The van der Waals surface area contributed by atoms with Crippen molar-refractivity contribution in [3.63, 3.8) is 0 Å². The highest BCUT2D eigenvalue weighted by Gasteiger charge is 2.13. The molecule has 112 valence electrons.